The molecule has 4 N–H and O–H groups in total. The molecule has 5 atom stereocenters. The van der Waals surface area contributed by atoms with Crippen molar-refractivity contribution < 1.29 is 75.8 Å². The van der Waals surface area contributed by atoms with Crippen molar-refractivity contribution in [1.82, 2.24) is 0 Å². The third kappa shape index (κ3) is 87.6. The summed E-state index contributed by atoms with van der Waals surface area (Å²) in [6.07, 6.45) is 111. The van der Waals surface area contributed by atoms with Crippen molar-refractivity contribution in [2.24, 2.45) is 0 Å². The lowest BCUT2D eigenvalue weighted by atomic mass is 10.0. The average molecular weight is 1620 g/mol. The van der Waals surface area contributed by atoms with E-state index in [0.29, 0.717) is 19.3 Å². The summed E-state index contributed by atoms with van der Waals surface area (Å²) in [5.41, 5.74) is 0. The Morgan fingerprint density at radius 2 is 0.469 bits per heavy atom. The number of carbonyl (C=O) groups excluding carboxylic acids is 3. The molecule has 0 radical (unpaired) electrons. The lowest BCUT2D eigenvalue weighted by Crippen LogP contribution is -2.30. The van der Waals surface area contributed by atoms with Crippen molar-refractivity contribution in [2.45, 2.75) is 373 Å². The molecule has 0 spiro atoms. The molecule has 646 valence electrons. The van der Waals surface area contributed by atoms with Crippen molar-refractivity contribution in [3.8, 4) is 0 Å². The minimum absolute atomic E-state index is 0.0719. The number of hydrogen-bond acceptors (Lipinski definition) is 14. The highest BCUT2D eigenvalue weighted by atomic mass is 31.2. The van der Waals surface area contributed by atoms with Gasteiger partial charge in [-0.15, -0.1) is 0 Å². The predicted octanol–water partition coefficient (Wildman–Crippen LogP) is 27.1. The molecule has 0 aromatic heterocycles. The van der Waals surface area contributed by atoms with Crippen LogP contribution >= 0.6 is 15.6 Å². The fraction of sp³-hybridized carbons (Fsp3) is 0.674. The fourth-order valence-corrected chi connectivity index (χ4v) is 13.3. The number of phosphoric acid groups is 2. The van der Waals surface area contributed by atoms with E-state index in [4.69, 9.17) is 32.3 Å². The van der Waals surface area contributed by atoms with E-state index in [-0.39, 0.29) is 19.3 Å². The molecule has 16 nitrogen and oxygen atoms in total. The van der Waals surface area contributed by atoms with Gasteiger partial charge in [-0.1, -0.05) is 351 Å². The highest BCUT2D eigenvalue weighted by molar-refractivity contribution is 7.47. The van der Waals surface area contributed by atoms with E-state index in [9.17, 15) is 43.5 Å². The van der Waals surface area contributed by atoms with Gasteiger partial charge in [-0.05, 0) is 154 Å². The third-order valence-corrected chi connectivity index (χ3v) is 20.3. The monoisotopic (exact) mass is 1620 g/mol. The van der Waals surface area contributed by atoms with Crippen LogP contribution in [0.3, 0.4) is 0 Å². The number of hydrogen-bond donors (Lipinski definition) is 4. The average Bonchev–Trinajstić information content (AvgIpc) is 0.902. The van der Waals surface area contributed by atoms with Crippen LogP contribution in [-0.4, -0.2) is 95.9 Å². The number of phosphoric ester groups is 2. The van der Waals surface area contributed by atoms with Gasteiger partial charge in [0.05, 0.1) is 26.4 Å². The first-order valence-electron chi connectivity index (χ1n) is 44.4. The highest BCUT2D eigenvalue weighted by Gasteiger charge is 2.29. The minimum Gasteiger partial charge on any atom is -0.463 e. The predicted molar refractivity (Wildman–Crippen MR) is 472 cm³/mol. The number of esters is 3. The summed E-state index contributed by atoms with van der Waals surface area (Å²) in [5, 5.41) is 20.7. The van der Waals surface area contributed by atoms with Crippen molar-refractivity contribution in [2.75, 3.05) is 39.6 Å². The molecule has 113 heavy (non-hydrogen) atoms. The Kier molecular flexibility index (Phi) is 82.4. The summed E-state index contributed by atoms with van der Waals surface area (Å²) in [5.74, 6) is -1.62. The summed E-state index contributed by atoms with van der Waals surface area (Å²) in [6.45, 7) is 2.40. The Hall–Kier alpha value is -5.09. The van der Waals surface area contributed by atoms with E-state index in [1.165, 1.54) is 128 Å². The summed E-state index contributed by atoms with van der Waals surface area (Å²) in [7, 11) is -9.82. The van der Waals surface area contributed by atoms with Gasteiger partial charge in [-0.3, -0.25) is 32.5 Å². The molecule has 0 aliphatic carbocycles. The maximum atomic E-state index is 13.0. The summed E-state index contributed by atoms with van der Waals surface area (Å²) in [6, 6.07) is 0. The molecule has 0 heterocycles. The largest absolute Gasteiger partial charge is 0.472 e. The van der Waals surface area contributed by atoms with E-state index in [1.54, 1.807) is 0 Å². The molecular weight excluding hydrogens is 1460 g/mol. The van der Waals surface area contributed by atoms with Crippen molar-refractivity contribution in [3.05, 3.63) is 170 Å². The standard InChI is InChI=1S/C95H160O16P2/c1-4-7-10-13-16-19-22-25-28-31-34-37-38-39-40-41-42-43-44-45-46-47-48-49-50-53-55-57-60-63-66-69-72-75-78-81-93(98)105-84-90(96)85-107-112(101,102)108-86-91(97)87-109-113(103,104)110-89-92(111-95(100)83-80-77-74-71-68-65-62-59-56-52-36-33-30-27-24-21-18-15-12-9-6-3)88-106-94(99)82-79-76-73-70-67-64-61-58-54-51-35-32-29-26-23-20-17-14-11-8-5-2/h8-9,11-12,16-21,25-30,34-37,39-40,51-52,58-59,61-62,90-92,96-97H,4-7,10,13-15,22-24,31-33,38,41-50,53-57,60,63-89H2,1-3H3,(H,101,102)(H,103,104)/b11-8-,12-9-,19-16-,20-17-,21-18-,28-25-,29-26-,30-27-,37-34-,40-39-,51-35-,52-36-,61-58-,62-59-. The van der Waals surface area contributed by atoms with Crippen LogP contribution in [-0.2, 0) is 55.8 Å². The van der Waals surface area contributed by atoms with E-state index in [0.717, 1.165) is 167 Å². The summed E-state index contributed by atoms with van der Waals surface area (Å²) < 4.78 is 61.3. The SMILES string of the molecule is CC/C=C\C/C=C\C/C=C\C/C=C\C/C=C\CCCCCCCC(=O)OCC(COP(=O)(O)OCC(O)COP(=O)(O)OCC(O)COC(=O)CCCCCCCCCCCCCCCCCCCCC/C=C\C/C=C\C/C=C\C/C=C\CCCCC)OC(=O)CCCCCCC/C=C\C/C=C\C/C=C\C/C=C\C/C=C\CC. The molecule has 0 bridgehead atoms. The first-order valence-corrected chi connectivity index (χ1v) is 47.4. The van der Waals surface area contributed by atoms with E-state index >= 15 is 0 Å². The number of aliphatic hydroxyl groups excluding tert-OH is 2. The van der Waals surface area contributed by atoms with Gasteiger partial charge >= 0.3 is 33.6 Å². The fourth-order valence-electron chi connectivity index (χ4n) is 11.7. The quantitative estimate of drug-likeness (QED) is 0.0146. The van der Waals surface area contributed by atoms with Crippen LogP contribution < -0.4 is 0 Å². The molecule has 18 heteroatoms. The Morgan fingerprint density at radius 3 is 0.743 bits per heavy atom. The molecule has 0 rings (SSSR count). The van der Waals surface area contributed by atoms with E-state index in [1.807, 2.05) is 0 Å². The van der Waals surface area contributed by atoms with E-state index < -0.39 is 91.5 Å². The van der Waals surface area contributed by atoms with Crippen LogP contribution in [0.25, 0.3) is 0 Å². The zero-order chi connectivity index (χ0) is 82.2. The molecule has 0 saturated carbocycles. The van der Waals surface area contributed by atoms with Crippen LogP contribution in [0.1, 0.15) is 355 Å². The van der Waals surface area contributed by atoms with Crippen molar-refractivity contribution in [1.29, 1.82) is 0 Å². The number of rotatable bonds is 83. The van der Waals surface area contributed by atoms with Crippen molar-refractivity contribution >= 4 is 33.6 Å². The van der Waals surface area contributed by atoms with Crippen LogP contribution in [0.2, 0.25) is 0 Å². The maximum absolute atomic E-state index is 13.0. The van der Waals surface area contributed by atoms with Gasteiger partial charge in [0.15, 0.2) is 6.10 Å². The van der Waals surface area contributed by atoms with Gasteiger partial charge in [0, 0.05) is 19.3 Å². The van der Waals surface area contributed by atoms with Gasteiger partial charge in [0.25, 0.3) is 0 Å². The second-order valence-electron chi connectivity index (χ2n) is 29.3. The minimum atomic E-state index is -4.95. The zero-order valence-corrected chi connectivity index (χ0v) is 72.8. The van der Waals surface area contributed by atoms with E-state index in [2.05, 4.69) is 191 Å². The normalized spacial score (nSPS) is 14.6. The Morgan fingerprint density at radius 1 is 0.257 bits per heavy atom. The molecule has 0 aliphatic rings. The van der Waals surface area contributed by atoms with Crippen LogP contribution in [0.5, 0.6) is 0 Å². The summed E-state index contributed by atoms with van der Waals surface area (Å²) >= 11 is 0. The lowest BCUT2D eigenvalue weighted by molar-refractivity contribution is -0.161. The van der Waals surface area contributed by atoms with Gasteiger partial charge in [0.2, 0.25) is 0 Å². The van der Waals surface area contributed by atoms with Crippen LogP contribution in [0.15, 0.2) is 170 Å². The smallest absolute Gasteiger partial charge is 0.463 e. The molecular formula is C95H160O16P2. The second kappa shape index (κ2) is 86.3. The number of allylic oxidation sites excluding steroid dienone is 28. The van der Waals surface area contributed by atoms with Gasteiger partial charge < -0.3 is 34.2 Å². The number of ether oxygens (including phenoxy) is 3. The Labute approximate surface area is 688 Å². The van der Waals surface area contributed by atoms with Gasteiger partial charge in [-0.2, -0.15) is 0 Å². The second-order valence-corrected chi connectivity index (χ2v) is 32.2. The molecule has 0 amide bonds. The third-order valence-electron chi connectivity index (χ3n) is 18.4. The zero-order valence-electron chi connectivity index (χ0n) is 71.0. The first-order chi connectivity index (χ1) is 55.2. The van der Waals surface area contributed by atoms with Gasteiger partial charge in [-0.25, -0.2) is 9.13 Å². The number of unbranched alkanes of at least 4 members (excludes halogenated alkanes) is 32. The summed E-state index contributed by atoms with van der Waals surface area (Å²) in [4.78, 5) is 58.9. The van der Waals surface area contributed by atoms with Crippen LogP contribution in [0.4, 0.5) is 0 Å². The molecule has 5 unspecified atom stereocenters. The number of carbonyl (C=O) groups is 3. The number of aliphatic hydroxyl groups is 2. The Bertz CT molecular complexity index is 2730. The topological polar surface area (TPSA) is 231 Å². The van der Waals surface area contributed by atoms with Crippen LogP contribution in [0, 0.1) is 0 Å². The molecule has 0 fully saturated rings. The molecule has 0 aromatic carbocycles. The van der Waals surface area contributed by atoms with Crippen molar-refractivity contribution in [3.63, 3.8) is 0 Å². The maximum Gasteiger partial charge on any atom is 0.472 e. The van der Waals surface area contributed by atoms with Gasteiger partial charge in [0.1, 0.15) is 25.4 Å². The highest BCUT2D eigenvalue weighted by Crippen LogP contribution is 2.45. The Balaban J connectivity index is 4.53. The first kappa shape index (κ1) is 108. The molecule has 0 saturated heterocycles. The molecule has 0 aromatic rings. The molecule has 0 aliphatic heterocycles. The lowest BCUT2D eigenvalue weighted by Gasteiger charge is -2.21.